The Morgan fingerprint density at radius 3 is 2.68 bits per heavy atom. The van der Waals surface area contributed by atoms with Crippen LogP contribution in [0.25, 0.3) is 0 Å². The lowest BCUT2D eigenvalue weighted by molar-refractivity contribution is -0.125. The summed E-state index contributed by atoms with van der Waals surface area (Å²) in [7, 11) is 0. The Balaban J connectivity index is 1.59. The van der Waals surface area contributed by atoms with Gasteiger partial charge in [-0.05, 0) is 43.7 Å². The minimum Gasteiger partial charge on any atom is -0.352 e. The molecular weight excluding hydrogens is 236 g/mol. The van der Waals surface area contributed by atoms with Crippen LogP contribution in [0.5, 0.6) is 0 Å². The zero-order valence-electron chi connectivity index (χ0n) is 11.3. The highest BCUT2D eigenvalue weighted by atomic mass is 16.2. The van der Waals surface area contributed by atoms with Crippen molar-refractivity contribution in [1.82, 2.24) is 10.6 Å². The van der Waals surface area contributed by atoms with Crippen molar-refractivity contribution in [1.29, 1.82) is 0 Å². The first-order valence-electron chi connectivity index (χ1n) is 7.38. The molecule has 2 N–H and O–H groups in total. The minimum absolute atomic E-state index is 0.178. The zero-order chi connectivity index (χ0) is 13.1. The first-order valence-corrected chi connectivity index (χ1v) is 7.38. The summed E-state index contributed by atoms with van der Waals surface area (Å²) >= 11 is 0. The third-order valence-electron chi connectivity index (χ3n) is 4.25. The van der Waals surface area contributed by atoms with Crippen molar-refractivity contribution >= 4 is 5.91 Å². The third kappa shape index (κ3) is 3.35. The number of rotatable bonds is 5. The molecule has 19 heavy (non-hydrogen) atoms. The number of carbonyl (C=O) groups excluding carboxylic acids is 1. The number of hydrogen-bond donors (Lipinski definition) is 2. The third-order valence-corrected chi connectivity index (χ3v) is 4.25. The zero-order valence-corrected chi connectivity index (χ0v) is 11.3. The van der Waals surface area contributed by atoms with Crippen LogP contribution in [0.3, 0.4) is 0 Å². The highest BCUT2D eigenvalue weighted by Crippen LogP contribution is 2.34. The fraction of sp³-hybridized carbons (Fsp3) is 0.562. The van der Waals surface area contributed by atoms with Gasteiger partial charge in [0.15, 0.2) is 0 Å². The van der Waals surface area contributed by atoms with E-state index in [2.05, 4.69) is 34.9 Å². The Morgan fingerprint density at radius 2 is 2.05 bits per heavy atom. The molecule has 1 amide bonds. The van der Waals surface area contributed by atoms with Crippen LogP contribution in [-0.4, -0.2) is 25.0 Å². The Labute approximate surface area is 114 Å². The molecule has 1 aliphatic carbocycles. The summed E-state index contributed by atoms with van der Waals surface area (Å²) in [6.45, 7) is 1.82. The highest BCUT2D eigenvalue weighted by Gasteiger charge is 2.34. The molecular formula is C16H22N2O. The van der Waals surface area contributed by atoms with E-state index in [0.29, 0.717) is 12.0 Å². The lowest BCUT2D eigenvalue weighted by atomic mass is 10.0. The number of hydrogen-bond acceptors (Lipinski definition) is 2. The molecule has 1 saturated carbocycles. The normalized spacial score (nSPS) is 24.1. The van der Waals surface area contributed by atoms with Crippen molar-refractivity contribution in [2.75, 3.05) is 13.1 Å². The first-order chi connectivity index (χ1) is 9.33. The van der Waals surface area contributed by atoms with Gasteiger partial charge < -0.3 is 10.6 Å². The van der Waals surface area contributed by atoms with Crippen molar-refractivity contribution in [2.24, 2.45) is 11.8 Å². The van der Waals surface area contributed by atoms with Crippen LogP contribution >= 0.6 is 0 Å². The summed E-state index contributed by atoms with van der Waals surface area (Å²) in [4.78, 5) is 12.2. The van der Waals surface area contributed by atoms with Gasteiger partial charge in [-0.1, -0.05) is 30.3 Å². The topological polar surface area (TPSA) is 41.1 Å². The Hall–Kier alpha value is -1.35. The van der Waals surface area contributed by atoms with Crippen LogP contribution in [0.1, 0.15) is 24.8 Å². The van der Waals surface area contributed by atoms with Gasteiger partial charge in [0.05, 0.1) is 5.92 Å². The van der Waals surface area contributed by atoms with E-state index >= 15 is 0 Å². The van der Waals surface area contributed by atoms with E-state index in [1.165, 1.54) is 18.4 Å². The average molecular weight is 258 g/mol. The van der Waals surface area contributed by atoms with E-state index in [0.717, 1.165) is 25.9 Å². The SMILES string of the molecule is O=C(NC(Cc1ccccc1)C1CC1)C1CCNC1. The van der Waals surface area contributed by atoms with Crippen molar-refractivity contribution in [2.45, 2.75) is 31.7 Å². The first kappa shape index (κ1) is 12.7. The van der Waals surface area contributed by atoms with E-state index in [-0.39, 0.29) is 11.8 Å². The largest absolute Gasteiger partial charge is 0.352 e. The fourth-order valence-electron chi connectivity index (χ4n) is 2.88. The summed E-state index contributed by atoms with van der Waals surface area (Å²) in [6, 6.07) is 10.8. The van der Waals surface area contributed by atoms with Gasteiger partial charge in [-0.2, -0.15) is 0 Å². The van der Waals surface area contributed by atoms with Gasteiger partial charge in [-0.15, -0.1) is 0 Å². The predicted molar refractivity (Wildman–Crippen MR) is 75.8 cm³/mol. The molecule has 3 heteroatoms. The monoisotopic (exact) mass is 258 g/mol. The van der Waals surface area contributed by atoms with Crippen LogP contribution in [0.4, 0.5) is 0 Å². The molecule has 0 spiro atoms. The van der Waals surface area contributed by atoms with Crippen molar-refractivity contribution in [3.63, 3.8) is 0 Å². The van der Waals surface area contributed by atoms with Crippen molar-refractivity contribution < 1.29 is 4.79 Å². The summed E-state index contributed by atoms with van der Waals surface area (Å²) in [6.07, 6.45) is 4.48. The Kier molecular flexibility index (Phi) is 3.83. The summed E-state index contributed by atoms with van der Waals surface area (Å²) < 4.78 is 0. The average Bonchev–Trinajstić information content (AvgIpc) is 3.13. The standard InChI is InChI=1S/C16H22N2O/c19-16(14-8-9-17-11-14)18-15(13-6-7-13)10-12-4-2-1-3-5-12/h1-5,13-15,17H,6-11H2,(H,18,19). The molecule has 2 aliphatic rings. The van der Waals surface area contributed by atoms with Crippen LogP contribution in [0.2, 0.25) is 0 Å². The second kappa shape index (κ2) is 5.74. The second-order valence-corrected chi connectivity index (χ2v) is 5.83. The minimum atomic E-state index is 0.178. The van der Waals surface area contributed by atoms with Crippen LogP contribution in [0, 0.1) is 11.8 Å². The van der Waals surface area contributed by atoms with Gasteiger partial charge in [0, 0.05) is 12.6 Å². The van der Waals surface area contributed by atoms with Gasteiger partial charge in [0.1, 0.15) is 0 Å². The molecule has 1 heterocycles. The summed E-state index contributed by atoms with van der Waals surface area (Å²) in [5.74, 6) is 1.12. The van der Waals surface area contributed by atoms with E-state index in [1.807, 2.05) is 6.07 Å². The van der Waals surface area contributed by atoms with Crippen LogP contribution in [0.15, 0.2) is 30.3 Å². The maximum atomic E-state index is 12.2. The van der Waals surface area contributed by atoms with Crippen LogP contribution < -0.4 is 10.6 Å². The van der Waals surface area contributed by atoms with Gasteiger partial charge >= 0.3 is 0 Å². The molecule has 1 aliphatic heterocycles. The molecule has 0 bridgehead atoms. The molecule has 2 fully saturated rings. The molecule has 3 rings (SSSR count). The van der Waals surface area contributed by atoms with Gasteiger partial charge in [0.2, 0.25) is 5.91 Å². The molecule has 1 aromatic rings. The van der Waals surface area contributed by atoms with Gasteiger partial charge in [-0.25, -0.2) is 0 Å². The molecule has 0 aromatic heterocycles. The predicted octanol–water partition coefficient (Wildman–Crippen LogP) is 1.73. The Morgan fingerprint density at radius 1 is 1.26 bits per heavy atom. The Bertz CT molecular complexity index is 422. The van der Waals surface area contributed by atoms with Crippen molar-refractivity contribution in [3.05, 3.63) is 35.9 Å². The number of amides is 1. The smallest absolute Gasteiger partial charge is 0.224 e. The molecule has 1 aromatic carbocycles. The highest BCUT2D eigenvalue weighted by molar-refractivity contribution is 5.79. The van der Waals surface area contributed by atoms with E-state index in [1.54, 1.807) is 0 Å². The summed E-state index contributed by atoms with van der Waals surface area (Å²) in [5, 5.41) is 6.55. The fourth-order valence-corrected chi connectivity index (χ4v) is 2.88. The lowest BCUT2D eigenvalue weighted by Crippen LogP contribution is -2.42. The van der Waals surface area contributed by atoms with Gasteiger partial charge in [0.25, 0.3) is 0 Å². The quantitative estimate of drug-likeness (QED) is 0.844. The number of carbonyl (C=O) groups is 1. The maximum absolute atomic E-state index is 12.2. The molecule has 0 radical (unpaired) electrons. The molecule has 3 nitrogen and oxygen atoms in total. The number of benzene rings is 1. The second-order valence-electron chi connectivity index (χ2n) is 5.83. The lowest BCUT2D eigenvalue weighted by Gasteiger charge is -2.20. The van der Waals surface area contributed by atoms with E-state index in [9.17, 15) is 4.79 Å². The van der Waals surface area contributed by atoms with Crippen LogP contribution in [-0.2, 0) is 11.2 Å². The molecule has 102 valence electrons. The van der Waals surface area contributed by atoms with E-state index in [4.69, 9.17) is 0 Å². The van der Waals surface area contributed by atoms with Gasteiger partial charge in [-0.3, -0.25) is 4.79 Å². The maximum Gasteiger partial charge on any atom is 0.224 e. The molecule has 1 saturated heterocycles. The van der Waals surface area contributed by atoms with E-state index < -0.39 is 0 Å². The van der Waals surface area contributed by atoms with Crippen molar-refractivity contribution in [3.8, 4) is 0 Å². The molecule has 2 atom stereocenters. The number of nitrogens with one attached hydrogen (secondary N) is 2. The molecule has 2 unspecified atom stereocenters. The summed E-state index contributed by atoms with van der Waals surface area (Å²) in [5.41, 5.74) is 1.32.